The summed E-state index contributed by atoms with van der Waals surface area (Å²) in [5.41, 5.74) is 6.65. The van der Waals surface area contributed by atoms with E-state index in [1.165, 1.54) is 16.7 Å². The molecule has 3 aromatic carbocycles. The molecule has 0 spiro atoms. The molecular weight excluding hydrogens is 422 g/mol. The third kappa shape index (κ3) is 5.78. The predicted molar refractivity (Wildman–Crippen MR) is 139 cm³/mol. The first-order chi connectivity index (χ1) is 16.4. The van der Waals surface area contributed by atoms with Gasteiger partial charge in [-0.3, -0.25) is 4.79 Å². The molecule has 0 saturated carbocycles. The maximum atomic E-state index is 13.4. The van der Waals surface area contributed by atoms with Crippen LogP contribution in [0.5, 0.6) is 0 Å². The Kier molecular flexibility index (Phi) is 7.53. The van der Waals surface area contributed by atoms with E-state index in [-0.39, 0.29) is 30.5 Å². The van der Waals surface area contributed by atoms with Crippen molar-refractivity contribution in [2.75, 3.05) is 30.3 Å². The summed E-state index contributed by atoms with van der Waals surface area (Å²) < 4.78 is 0. The number of aliphatic hydroxyl groups is 1. The van der Waals surface area contributed by atoms with E-state index < -0.39 is 0 Å². The van der Waals surface area contributed by atoms with Crippen molar-refractivity contribution in [3.63, 3.8) is 0 Å². The number of aryl methyl sites for hydroxylation is 2. The summed E-state index contributed by atoms with van der Waals surface area (Å²) in [7, 11) is 0. The maximum Gasteiger partial charge on any atom is 0.245 e. The second-order valence-electron chi connectivity index (χ2n) is 9.50. The number of nitrogens with zero attached hydrogens (tertiary/aromatic N) is 1. The van der Waals surface area contributed by atoms with Crippen LogP contribution in [0, 0.1) is 19.8 Å². The quantitative estimate of drug-likeness (QED) is 0.425. The average molecular weight is 458 g/mol. The topological polar surface area (TPSA) is 64.6 Å². The van der Waals surface area contributed by atoms with Crippen LogP contribution in [-0.4, -0.2) is 41.7 Å². The molecule has 1 amide bonds. The fourth-order valence-electron chi connectivity index (χ4n) is 4.34. The van der Waals surface area contributed by atoms with Crippen molar-refractivity contribution in [2.45, 2.75) is 39.3 Å². The minimum absolute atomic E-state index is 0.0756. The molecule has 0 radical (unpaired) electrons. The van der Waals surface area contributed by atoms with E-state index in [0.29, 0.717) is 19.5 Å². The fraction of sp³-hybridized carbons (Fsp3) is 0.345. The maximum absolute atomic E-state index is 13.4. The van der Waals surface area contributed by atoms with Gasteiger partial charge in [0.15, 0.2) is 0 Å². The Morgan fingerprint density at radius 3 is 2.06 bits per heavy atom. The molecule has 1 saturated heterocycles. The van der Waals surface area contributed by atoms with Crippen LogP contribution in [0.25, 0.3) is 0 Å². The SMILES string of the molecule is Cc1ccc(C[C@H](Nc2ccccc2NC(C)c2ccc(C)cc2)C(=O)N2CC(CO)C2)cc1. The highest BCUT2D eigenvalue weighted by atomic mass is 16.3. The van der Waals surface area contributed by atoms with Gasteiger partial charge in [-0.2, -0.15) is 0 Å². The molecular formula is C29H35N3O2. The van der Waals surface area contributed by atoms with Crippen LogP contribution < -0.4 is 10.6 Å². The summed E-state index contributed by atoms with van der Waals surface area (Å²) in [6.45, 7) is 7.66. The Balaban J connectivity index is 1.53. The number of aliphatic hydroxyl groups excluding tert-OH is 1. The lowest BCUT2D eigenvalue weighted by Crippen LogP contribution is -2.56. The molecule has 0 bridgehead atoms. The van der Waals surface area contributed by atoms with Crippen LogP contribution in [0.2, 0.25) is 0 Å². The molecule has 2 atom stereocenters. The zero-order valence-electron chi connectivity index (χ0n) is 20.3. The lowest BCUT2D eigenvalue weighted by Gasteiger charge is -2.40. The molecule has 3 N–H and O–H groups in total. The Morgan fingerprint density at radius 1 is 0.912 bits per heavy atom. The number of anilines is 2. The van der Waals surface area contributed by atoms with Crippen molar-refractivity contribution in [1.29, 1.82) is 0 Å². The van der Waals surface area contributed by atoms with E-state index in [1.54, 1.807) is 0 Å². The third-order valence-electron chi connectivity index (χ3n) is 6.59. The van der Waals surface area contributed by atoms with Gasteiger partial charge in [0, 0.05) is 38.1 Å². The number of nitrogens with one attached hydrogen (secondary N) is 2. The van der Waals surface area contributed by atoms with Gasteiger partial charge in [-0.05, 0) is 44.0 Å². The summed E-state index contributed by atoms with van der Waals surface area (Å²) in [6, 6.07) is 24.7. The minimum atomic E-state index is -0.389. The first-order valence-corrected chi connectivity index (χ1v) is 12.1. The minimum Gasteiger partial charge on any atom is -0.396 e. The van der Waals surface area contributed by atoms with Crippen molar-refractivity contribution in [3.05, 3.63) is 95.1 Å². The van der Waals surface area contributed by atoms with Gasteiger partial charge in [0.25, 0.3) is 0 Å². The Bertz CT molecular complexity index is 1090. The number of para-hydroxylation sites is 2. The molecule has 0 aromatic heterocycles. The zero-order valence-corrected chi connectivity index (χ0v) is 20.3. The van der Waals surface area contributed by atoms with E-state index >= 15 is 0 Å². The monoisotopic (exact) mass is 457 g/mol. The number of rotatable bonds is 9. The van der Waals surface area contributed by atoms with Crippen LogP contribution in [0.1, 0.15) is 35.2 Å². The van der Waals surface area contributed by atoms with E-state index in [9.17, 15) is 9.90 Å². The summed E-state index contributed by atoms with van der Waals surface area (Å²) >= 11 is 0. The Labute approximate surface area is 202 Å². The largest absolute Gasteiger partial charge is 0.396 e. The van der Waals surface area contributed by atoms with Gasteiger partial charge >= 0.3 is 0 Å². The lowest BCUT2D eigenvalue weighted by atomic mass is 9.97. The molecule has 1 aliphatic heterocycles. The molecule has 5 heteroatoms. The molecule has 178 valence electrons. The zero-order chi connectivity index (χ0) is 24.1. The third-order valence-corrected chi connectivity index (χ3v) is 6.59. The highest BCUT2D eigenvalue weighted by molar-refractivity contribution is 5.87. The first-order valence-electron chi connectivity index (χ1n) is 12.1. The number of benzene rings is 3. The molecule has 1 heterocycles. The van der Waals surface area contributed by atoms with Crippen LogP contribution in [-0.2, 0) is 11.2 Å². The summed E-state index contributed by atoms with van der Waals surface area (Å²) in [5, 5.41) is 16.5. The van der Waals surface area contributed by atoms with Gasteiger partial charge < -0.3 is 20.6 Å². The van der Waals surface area contributed by atoms with Crippen molar-refractivity contribution < 1.29 is 9.90 Å². The average Bonchev–Trinajstić information content (AvgIpc) is 2.81. The van der Waals surface area contributed by atoms with Gasteiger partial charge in [0.05, 0.1) is 11.4 Å². The van der Waals surface area contributed by atoms with Crippen LogP contribution in [0.4, 0.5) is 11.4 Å². The molecule has 4 rings (SSSR count). The predicted octanol–water partition coefficient (Wildman–Crippen LogP) is 4.95. The molecule has 34 heavy (non-hydrogen) atoms. The van der Waals surface area contributed by atoms with Gasteiger partial charge in [-0.25, -0.2) is 0 Å². The first kappa shape index (κ1) is 23.8. The van der Waals surface area contributed by atoms with E-state index in [0.717, 1.165) is 16.9 Å². The Hall–Kier alpha value is -3.31. The van der Waals surface area contributed by atoms with Crippen molar-refractivity contribution in [3.8, 4) is 0 Å². The van der Waals surface area contributed by atoms with Crippen molar-refractivity contribution >= 4 is 17.3 Å². The molecule has 3 aromatic rings. The smallest absolute Gasteiger partial charge is 0.245 e. The summed E-state index contributed by atoms with van der Waals surface area (Å²) in [4.78, 5) is 15.3. The van der Waals surface area contributed by atoms with Gasteiger partial charge in [-0.1, -0.05) is 71.8 Å². The van der Waals surface area contributed by atoms with E-state index in [1.807, 2.05) is 29.2 Å². The summed E-state index contributed by atoms with van der Waals surface area (Å²) in [5.74, 6) is 0.264. The molecule has 1 unspecified atom stereocenters. The number of amides is 1. The normalized spacial score (nSPS) is 15.4. The van der Waals surface area contributed by atoms with Gasteiger partial charge in [0.2, 0.25) is 5.91 Å². The summed E-state index contributed by atoms with van der Waals surface area (Å²) in [6.07, 6.45) is 0.598. The number of likely N-dealkylation sites (tertiary alicyclic amines) is 1. The number of carbonyl (C=O) groups excluding carboxylic acids is 1. The van der Waals surface area contributed by atoms with E-state index in [2.05, 4.69) is 79.9 Å². The van der Waals surface area contributed by atoms with Crippen LogP contribution >= 0.6 is 0 Å². The van der Waals surface area contributed by atoms with Crippen LogP contribution in [0.3, 0.4) is 0 Å². The van der Waals surface area contributed by atoms with Crippen molar-refractivity contribution in [2.24, 2.45) is 5.92 Å². The highest BCUT2D eigenvalue weighted by Crippen LogP contribution is 2.28. The molecule has 5 nitrogen and oxygen atoms in total. The molecule has 1 fully saturated rings. The van der Waals surface area contributed by atoms with Gasteiger partial charge in [-0.15, -0.1) is 0 Å². The fourth-order valence-corrected chi connectivity index (χ4v) is 4.34. The standard InChI is InChI=1S/C29H35N3O2/c1-20-8-12-23(13-9-20)16-28(29(34)32-17-24(18-32)19-33)31-27-7-5-4-6-26(27)30-22(3)25-14-10-21(2)11-15-25/h4-15,22,24,28,30-31,33H,16-19H2,1-3H3/t22?,28-/m0/s1. The van der Waals surface area contributed by atoms with E-state index in [4.69, 9.17) is 0 Å². The number of carbonyl (C=O) groups is 1. The second kappa shape index (κ2) is 10.7. The Morgan fingerprint density at radius 2 is 1.47 bits per heavy atom. The van der Waals surface area contributed by atoms with Gasteiger partial charge in [0.1, 0.15) is 6.04 Å². The number of hydrogen-bond donors (Lipinski definition) is 3. The highest BCUT2D eigenvalue weighted by Gasteiger charge is 2.34. The van der Waals surface area contributed by atoms with Crippen LogP contribution in [0.15, 0.2) is 72.8 Å². The van der Waals surface area contributed by atoms with Crippen molar-refractivity contribution in [1.82, 2.24) is 4.90 Å². The molecule has 1 aliphatic rings. The molecule has 0 aliphatic carbocycles. The second-order valence-corrected chi connectivity index (χ2v) is 9.50. The lowest BCUT2D eigenvalue weighted by molar-refractivity contribution is -0.139. The number of hydrogen-bond acceptors (Lipinski definition) is 4.